The molecule has 8 aromatic heterocycles. The van der Waals surface area contributed by atoms with Gasteiger partial charge in [0.2, 0.25) is 0 Å². The summed E-state index contributed by atoms with van der Waals surface area (Å²) in [4.78, 5) is 94.8. The summed E-state index contributed by atoms with van der Waals surface area (Å²) in [5.74, 6) is 3.35. The van der Waals surface area contributed by atoms with E-state index in [1.54, 1.807) is 34.9 Å². The number of allylic oxidation sites excluding steroid dienone is 3. The Kier molecular flexibility index (Phi) is 45.5. The Morgan fingerprint density at radius 1 is 0.460 bits per heavy atom. The molecule has 6 saturated heterocycles. The number of nitrogens with zero attached hydrogens (tertiary/aromatic N) is 13. The number of nitrogen functional groups attached to an aromatic ring is 1. The number of carbonyl (C=O) groups excluding carboxylic acids is 4. The second-order valence-electron chi connectivity index (χ2n) is 31.2. The maximum atomic E-state index is 12.1. The minimum atomic E-state index is -0.903. The van der Waals surface area contributed by atoms with Gasteiger partial charge in [-0.25, -0.2) is 53.9 Å². The number of aryl methyl sites for hydroxylation is 2. The number of pyridine rings is 6. The van der Waals surface area contributed by atoms with Crippen LogP contribution in [0.4, 0.5) is 34.8 Å². The summed E-state index contributed by atoms with van der Waals surface area (Å²) in [5, 5.41) is 21.5. The smallest absolute Gasteiger partial charge is 0.356 e. The van der Waals surface area contributed by atoms with Crippen LogP contribution in [0.2, 0.25) is 0 Å². The van der Waals surface area contributed by atoms with Crippen LogP contribution in [0, 0.1) is 17.4 Å². The largest absolute Gasteiger partial charge is 0.477 e. The molecule has 0 amide bonds. The van der Waals surface area contributed by atoms with Crippen LogP contribution in [0.1, 0.15) is 219 Å². The number of piperidine rings is 6. The highest BCUT2D eigenvalue weighted by atomic mass is 127. The van der Waals surface area contributed by atoms with E-state index in [-0.39, 0.29) is 24.5 Å². The molecule has 6 aliphatic heterocycles. The van der Waals surface area contributed by atoms with E-state index < -0.39 is 11.9 Å². The first kappa shape index (κ1) is 101. The number of methoxy groups -OCH3 is 2. The SMILES string of the molecule is C1CCNCC1.CCOC(=O)C1=CC(C)=CC1.CCOC(=O)c1cc(C)cn1Cc1cccc(N2CCCCC2)n1.COC(=O)c1cccc(Br)n1.COC(=O)c1cccc(N2CCCCC2)n1.Cc1cc(C(=O)O)n(Cc2cccc(N3CCCCC3)n2)c1.ClCc1cccc(N2CCCCC2)n1.Nc1ccc(I)cc1.OCc1cccc(N2CCCCC2)n1. The third-order valence-corrected chi connectivity index (χ3v) is 22.6. The molecule has 0 spiro atoms. The van der Waals surface area contributed by atoms with Crippen molar-refractivity contribution in [1.82, 2.24) is 44.4 Å². The molecule has 0 unspecified atom stereocenters. The number of anilines is 6. The van der Waals surface area contributed by atoms with E-state index in [0.29, 0.717) is 59.6 Å². The standard InChI is InChI=1S/C19H25N3O2.C17H21N3O2.C12H16N2O2.C11H15ClN2.C11H16N2O.C9H12O2.C7H6BrNO2.C6H6IN.C5H11N/c1-3-24-19(23)17-12-15(2)13-22(17)14-16-8-7-9-18(20-16)21-10-5-4-6-11-21;1-13-10-15(17(21)22)20(11-13)12-14-6-5-7-16(18-14)19-8-3-2-4-9-19;1-16-12(15)10-6-5-7-11(13-10)14-8-3-2-4-9-14;12-9-10-5-4-6-11(13-10)14-7-2-1-3-8-14;14-9-10-5-4-6-11(12-10)13-7-2-1-3-8-13;1-3-11-9(10)8-5-4-7(2)6-8;1-11-7(10)5-3-2-4-6(8)9-5;7-5-1-3-6(8)4-2-5;1-2-4-6-5-3-1/h7-9,12-13H,3-6,10-11,14H2,1-2H3;5-7,10-11H,2-4,8-9,12H2,1H3,(H,21,22);5-7H,2-4,8-9H2,1H3;4-6H,1-3,7-9H2;4-6,14H,1-3,7-9H2;4,6H,3,5H2,1-2H3;2-4H,1H3;1-4H,8H2;6H,1-5H2. The van der Waals surface area contributed by atoms with Crippen LogP contribution in [0.5, 0.6) is 0 Å². The Balaban J connectivity index is 0.000000180. The van der Waals surface area contributed by atoms with Crippen molar-refractivity contribution in [2.45, 2.75) is 182 Å². The van der Waals surface area contributed by atoms with E-state index >= 15 is 0 Å². The molecule has 26 nitrogen and oxygen atoms in total. The lowest BCUT2D eigenvalue weighted by Crippen LogP contribution is -2.30. The lowest BCUT2D eigenvalue weighted by molar-refractivity contribution is -0.138. The maximum Gasteiger partial charge on any atom is 0.356 e. The first-order valence-corrected chi connectivity index (χ1v) is 46.6. The van der Waals surface area contributed by atoms with E-state index in [4.69, 9.17) is 41.9 Å². The Morgan fingerprint density at radius 3 is 1.19 bits per heavy atom. The molecule has 16 rings (SSSR count). The topological polar surface area (TPSA) is 304 Å². The van der Waals surface area contributed by atoms with Gasteiger partial charge in [-0.2, -0.15) is 0 Å². The first-order valence-electron chi connectivity index (χ1n) is 44.2. The van der Waals surface area contributed by atoms with Crippen LogP contribution in [-0.2, 0) is 49.3 Å². The molecule has 0 atom stereocenters. The van der Waals surface area contributed by atoms with Crippen molar-refractivity contribution in [2.75, 3.05) is 136 Å². The van der Waals surface area contributed by atoms with Gasteiger partial charge in [-0.05, 0) is 328 Å². The monoisotopic (exact) mass is 1920 g/mol. The number of alkyl halides is 1. The van der Waals surface area contributed by atoms with Crippen molar-refractivity contribution < 1.29 is 53.1 Å². The molecule has 0 bridgehead atoms. The second-order valence-corrected chi connectivity index (χ2v) is 33.5. The summed E-state index contributed by atoms with van der Waals surface area (Å²) in [5.41, 5.74) is 15.3. The highest BCUT2D eigenvalue weighted by molar-refractivity contribution is 14.1. The van der Waals surface area contributed by atoms with E-state index in [1.165, 1.54) is 146 Å². The van der Waals surface area contributed by atoms with E-state index in [1.807, 2.05) is 167 Å². The van der Waals surface area contributed by atoms with E-state index in [2.05, 4.69) is 110 Å². The van der Waals surface area contributed by atoms with Crippen LogP contribution < -0.4 is 35.6 Å². The molecule has 0 radical (unpaired) electrons. The number of halogens is 3. The number of carboxylic acid groups (broad SMARTS) is 1. The molecule has 1 aromatic carbocycles. The Labute approximate surface area is 771 Å². The summed E-state index contributed by atoms with van der Waals surface area (Å²) in [7, 11) is 2.70. The zero-order valence-electron chi connectivity index (χ0n) is 74.4. The Hall–Kier alpha value is -10.3. The van der Waals surface area contributed by atoms with Gasteiger partial charge in [-0.15, -0.1) is 11.6 Å². The number of esters is 4. The van der Waals surface area contributed by atoms with Gasteiger partial charge in [0.05, 0.1) is 75.8 Å². The number of aliphatic hydroxyl groups is 1. The number of benzene rings is 1. The van der Waals surface area contributed by atoms with Gasteiger partial charge in [0, 0.05) is 92.7 Å². The van der Waals surface area contributed by atoms with Crippen molar-refractivity contribution in [3.05, 3.63) is 246 Å². The molecule has 0 saturated carbocycles. The normalized spacial score (nSPS) is 15.2. The Bertz CT molecular complexity index is 4750. The molecule has 5 N–H and O–H groups in total. The molecule has 7 aliphatic rings. The fraction of sp³-hybridized carbons (Fsp3) is 0.454. The van der Waals surface area contributed by atoms with Crippen LogP contribution in [0.3, 0.4) is 0 Å². The van der Waals surface area contributed by atoms with Gasteiger partial charge in [0.25, 0.3) is 0 Å². The minimum Gasteiger partial charge on any atom is -0.477 e. The summed E-state index contributed by atoms with van der Waals surface area (Å²) in [6, 6.07) is 45.9. The number of aliphatic hydroxyl groups excluding tert-OH is 1. The molecule has 678 valence electrons. The third kappa shape index (κ3) is 35.9. The number of aromatic carboxylic acids is 1. The highest BCUT2D eigenvalue weighted by Crippen LogP contribution is 2.26. The number of ether oxygens (including phenoxy) is 4. The summed E-state index contributed by atoms with van der Waals surface area (Å²) in [6.45, 7) is 24.7. The molecule has 29 heteroatoms. The predicted octanol–water partition coefficient (Wildman–Crippen LogP) is 18.7. The molecular formula is C97H128BrClIN15O11. The van der Waals surface area contributed by atoms with Gasteiger partial charge in [0.15, 0.2) is 5.69 Å². The van der Waals surface area contributed by atoms with Crippen molar-refractivity contribution in [3.8, 4) is 0 Å². The average Bonchev–Trinajstić information content (AvgIpc) is 1.71. The van der Waals surface area contributed by atoms with Crippen LogP contribution >= 0.6 is 50.1 Å². The highest BCUT2D eigenvalue weighted by Gasteiger charge is 2.22. The zero-order valence-corrected chi connectivity index (χ0v) is 78.9. The molecule has 9 aromatic rings. The minimum absolute atomic E-state index is 0.0294. The number of carbonyl (C=O) groups is 5. The number of nitrogens with two attached hydrogens (primary N) is 1. The predicted molar refractivity (Wildman–Crippen MR) is 514 cm³/mol. The van der Waals surface area contributed by atoms with Crippen LogP contribution in [0.25, 0.3) is 0 Å². The van der Waals surface area contributed by atoms with Crippen molar-refractivity contribution in [3.63, 3.8) is 0 Å². The Morgan fingerprint density at radius 2 is 0.825 bits per heavy atom. The zero-order chi connectivity index (χ0) is 90.2. The maximum absolute atomic E-state index is 12.1. The van der Waals surface area contributed by atoms with Crippen molar-refractivity contribution in [1.29, 1.82) is 0 Å². The molecule has 126 heavy (non-hydrogen) atoms. The number of aromatic nitrogens is 8. The van der Waals surface area contributed by atoms with Crippen molar-refractivity contribution in [2.24, 2.45) is 0 Å². The van der Waals surface area contributed by atoms with Gasteiger partial charge in [-0.1, -0.05) is 54.5 Å². The average molecular weight is 1920 g/mol. The fourth-order valence-corrected chi connectivity index (χ4v) is 15.6. The summed E-state index contributed by atoms with van der Waals surface area (Å²) < 4.78 is 24.6. The van der Waals surface area contributed by atoms with Crippen molar-refractivity contribution >= 4 is 115 Å². The van der Waals surface area contributed by atoms with Gasteiger partial charge < -0.3 is 73.8 Å². The first-order chi connectivity index (χ1) is 61.2. The number of hydrogen-bond donors (Lipinski definition) is 4. The fourth-order valence-electron chi connectivity index (χ4n) is 14.7. The number of rotatable bonds is 18. The summed E-state index contributed by atoms with van der Waals surface area (Å²) in [6.07, 6.45) is 31.6. The number of nitrogens with one attached hydrogen (secondary N) is 1. The van der Waals surface area contributed by atoms with Gasteiger partial charge in [0.1, 0.15) is 50.8 Å². The van der Waals surface area contributed by atoms with Gasteiger partial charge >= 0.3 is 29.8 Å². The number of carboxylic acids is 1. The lowest BCUT2D eigenvalue weighted by atomic mass is 10.1. The molecule has 1 aliphatic carbocycles. The molecule has 14 heterocycles. The third-order valence-electron chi connectivity index (χ3n) is 21.2. The van der Waals surface area contributed by atoms with E-state index in [0.717, 1.165) is 152 Å². The van der Waals surface area contributed by atoms with Crippen LogP contribution in [-0.4, -0.2) is 185 Å². The van der Waals surface area contributed by atoms with Crippen LogP contribution in [0.15, 0.2) is 186 Å². The van der Waals surface area contributed by atoms with E-state index in [9.17, 15) is 29.1 Å². The lowest BCUT2D eigenvalue weighted by Gasteiger charge is -2.28. The molecule has 6 fully saturated rings. The quantitative estimate of drug-likeness (QED) is 0.0155. The van der Waals surface area contributed by atoms with Gasteiger partial charge in [-0.3, -0.25) is 0 Å². The summed E-state index contributed by atoms with van der Waals surface area (Å²) >= 11 is 11.1. The second kappa shape index (κ2) is 56.7. The number of hydrogen-bond acceptors (Lipinski definition) is 23. The molecular weight excluding hydrogens is 1790 g/mol.